The SMILES string of the molecule is NC(C(=O)Nc1cnn(C(CC(F)F)c2cc(Cl)n[nH]c2=O)c1)C(C1CC1)C1CC1. The van der Waals surface area contributed by atoms with Crippen LogP contribution in [0, 0.1) is 17.8 Å². The molecule has 2 saturated carbocycles. The minimum absolute atomic E-state index is 0.00973. The number of nitrogens with two attached hydrogens (primary N) is 1. The van der Waals surface area contributed by atoms with Gasteiger partial charge in [0.05, 0.1) is 24.0 Å². The van der Waals surface area contributed by atoms with E-state index in [1.807, 2.05) is 0 Å². The molecule has 2 aromatic rings. The highest BCUT2D eigenvalue weighted by molar-refractivity contribution is 6.29. The second kappa shape index (κ2) is 8.43. The number of rotatable bonds is 9. The molecule has 2 heterocycles. The lowest BCUT2D eigenvalue weighted by atomic mass is 9.89. The molecule has 2 atom stereocenters. The summed E-state index contributed by atoms with van der Waals surface area (Å²) in [7, 11) is 0. The van der Waals surface area contributed by atoms with Crippen molar-refractivity contribution in [1.82, 2.24) is 20.0 Å². The molecule has 0 saturated heterocycles. The number of nitrogens with one attached hydrogen (secondary N) is 2. The molecule has 2 aromatic heterocycles. The molecule has 2 fully saturated rings. The van der Waals surface area contributed by atoms with Gasteiger partial charge in [0, 0.05) is 18.2 Å². The summed E-state index contributed by atoms with van der Waals surface area (Å²) in [5.41, 5.74) is 5.95. The van der Waals surface area contributed by atoms with Gasteiger partial charge in [0.2, 0.25) is 12.3 Å². The van der Waals surface area contributed by atoms with E-state index in [1.165, 1.54) is 23.1 Å². The maximum absolute atomic E-state index is 13.2. The number of aromatic amines is 1. The first-order valence-electron chi connectivity index (χ1n) is 9.97. The van der Waals surface area contributed by atoms with E-state index in [-0.39, 0.29) is 22.5 Å². The first kappa shape index (κ1) is 20.9. The summed E-state index contributed by atoms with van der Waals surface area (Å²) < 4.78 is 27.6. The van der Waals surface area contributed by atoms with Gasteiger partial charge in [-0.1, -0.05) is 11.6 Å². The zero-order chi connectivity index (χ0) is 21.4. The molecule has 0 bridgehead atoms. The summed E-state index contributed by atoms with van der Waals surface area (Å²) in [5, 5.41) is 12.5. The molecule has 2 unspecified atom stereocenters. The topological polar surface area (TPSA) is 119 Å². The quantitative estimate of drug-likeness (QED) is 0.553. The summed E-state index contributed by atoms with van der Waals surface area (Å²) in [6, 6.07) is -0.453. The summed E-state index contributed by atoms with van der Waals surface area (Å²) in [6.07, 6.45) is 3.87. The molecule has 0 aliphatic heterocycles. The second-order valence-corrected chi connectivity index (χ2v) is 8.48. The lowest BCUT2D eigenvalue weighted by Crippen LogP contribution is -2.43. The first-order chi connectivity index (χ1) is 14.3. The highest BCUT2D eigenvalue weighted by Crippen LogP contribution is 2.50. The average molecular weight is 441 g/mol. The molecule has 0 aromatic carbocycles. The predicted octanol–water partition coefficient (Wildman–Crippen LogP) is 2.57. The van der Waals surface area contributed by atoms with E-state index >= 15 is 0 Å². The fourth-order valence-corrected chi connectivity index (χ4v) is 4.26. The van der Waals surface area contributed by atoms with E-state index in [1.54, 1.807) is 0 Å². The van der Waals surface area contributed by atoms with Crippen LogP contribution >= 0.6 is 11.6 Å². The van der Waals surface area contributed by atoms with Gasteiger partial charge in [-0.15, -0.1) is 0 Å². The van der Waals surface area contributed by atoms with Gasteiger partial charge in [0.25, 0.3) is 5.56 Å². The van der Waals surface area contributed by atoms with Crippen molar-refractivity contribution >= 4 is 23.2 Å². The number of H-pyrrole nitrogens is 1. The van der Waals surface area contributed by atoms with Crippen LogP contribution < -0.4 is 16.6 Å². The lowest BCUT2D eigenvalue weighted by Gasteiger charge is -2.22. The lowest BCUT2D eigenvalue weighted by molar-refractivity contribution is -0.118. The van der Waals surface area contributed by atoms with Crippen molar-refractivity contribution in [2.24, 2.45) is 23.5 Å². The molecular formula is C19H23ClF2N6O2. The Hall–Kier alpha value is -2.33. The van der Waals surface area contributed by atoms with Crippen molar-refractivity contribution in [3.63, 3.8) is 0 Å². The van der Waals surface area contributed by atoms with Crippen molar-refractivity contribution in [1.29, 1.82) is 0 Å². The van der Waals surface area contributed by atoms with E-state index < -0.39 is 30.5 Å². The standard InChI is InChI=1S/C19H23ClF2N6O2/c20-14-5-12(18(29)27-26-14)13(6-15(21)22)28-8-11(7-24-28)25-19(30)17(23)16(9-1-2-9)10-3-4-10/h5,7-10,13,15-17H,1-4,6,23H2,(H,25,30)(H,27,29). The van der Waals surface area contributed by atoms with Crippen molar-refractivity contribution < 1.29 is 13.6 Å². The fourth-order valence-electron chi connectivity index (χ4n) is 4.10. The van der Waals surface area contributed by atoms with Crippen molar-refractivity contribution in [2.45, 2.75) is 50.6 Å². The maximum atomic E-state index is 13.2. The number of nitrogens with zero attached hydrogens (tertiary/aromatic N) is 3. The molecule has 4 N–H and O–H groups in total. The van der Waals surface area contributed by atoms with Crippen LogP contribution in [0.2, 0.25) is 5.15 Å². The van der Waals surface area contributed by atoms with Gasteiger partial charge in [-0.3, -0.25) is 14.3 Å². The van der Waals surface area contributed by atoms with Gasteiger partial charge in [-0.25, -0.2) is 13.9 Å². The van der Waals surface area contributed by atoms with Crippen LogP contribution in [0.5, 0.6) is 0 Å². The molecule has 162 valence electrons. The highest BCUT2D eigenvalue weighted by atomic mass is 35.5. The van der Waals surface area contributed by atoms with Crippen molar-refractivity contribution in [3.05, 3.63) is 39.5 Å². The normalized spacial score (nSPS) is 18.6. The van der Waals surface area contributed by atoms with Gasteiger partial charge in [-0.2, -0.15) is 10.2 Å². The third-order valence-corrected chi connectivity index (χ3v) is 5.99. The molecule has 1 amide bonds. The third kappa shape index (κ3) is 4.70. The highest BCUT2D eigenvalue weighted by Gasteiger charge is 2.46. The Morgan fingerprint density at radius 1 is 1.33 bits per heavy atom. The number of hydrogen-bond acceptors (Lipinski definition) is 5. The van der Waals surface area contributed by atoms with Crippen LogP contribution in [0.4, 0.5) is 14.5 Å². The van der Waals surface area contributed by atoms with E-state index in [9.17, 15) is 18.4 Å². The summed E-state index contributed by atoms with van der Waals surface area (Å²) in [6.45, 7) is 0. The number of halogens is 3. The van der Waals surface area contributed by atoms with E-state index in [4.69, 9.17) is 17.3 Å². The summed E-state index contributed by atoms with van der Waals surface area (Å²) in [5.74, 6) is 0.900. The summed E-state index contributed by atoms with van der Waals surface area (Å²) in [4.78, 5) is 24.8. The van der Waals surface area contributed by atoms with Gasteiger partial charge >= 0.3 is 0 Å². The molecule has 0 spiro atoms. The number of hydrogen-bond donors (Lipinski definition) is 3. The number of carbonyl (C=O) groups is 1. The Labute approximate surface area is 176 Å². The Kier molecular flexibility index (Phi) is 5.88. The number of carbonyl (C=O) groups excluding carboxylic acids is 1. The molecule has 11 heteroatoms. The molecule has 2 aliphatic carbocycles. The fraction of sp³-hybridized carbons (Fsp3) is 0.579. The van der Waals surface area contributed by atoms with Crippen LogP contribution in [-0.4, -0.2) is 38.4 Å². The monoisotopic (exact) mass is 440 g/mol. The second-order valence-electron chi connectivity index (χ2n) is 8.09. The number of aromatic nitrogens is 4. The number of amides is 1. The molecule has 4 rings (SSSR count). The minimum atomic E-state index is -2.69. The van der Waals surface area contributed by atoms with E-state index in [0.717, 1.165) is 25.7 Å². The zero-order valence-corrected chi connectivity index (χ0v) is 16.9. The minimum Gasteiger partial charge on any atom is -0.322 e. The van der Waals surface area contributed by atoms with Crippen LogP contribution in [-0.2, 0) is 4.79 Å². The van der Waals surface area contributed by atoms with E-state index in [2.05, 4.69) is 20.6 Å². The predicted molar refractivity (Wildman–Crippen MR) is 106 cm³/mol. The van der Waals surface area contributed by atoms with E-state index in [0.29, 0.717) is 17.5 Å². The Bertz CT molecular complexity index is 960. The van der Waals surface area contributed by atoms with Crippen LogP contribution in [0.1, 0.15) is 43.7 Å². The zero-order valence-electron chi connectivity index (χ0n) is 16.1. The van der Waals surface area contributed by atoms with Gasteiger partial charge < -0.3 is 11.1 Å². The molecule has 2 aliphatic rings. The molecule has 30 heavy (non-hydrogen) atoms. The van der Waals surface area contributed by atoms with Crippen LogP contribution in [0.25, 0.3) is 0 Å². The van der Waals surface area contributed by atoms with Crippen LogP contribution in [0.15, 0.2) is 23.3 Å². The number of alkyl halides is 2. The first-order valence-corrected chi connectivity index (χ1v) is 10.3. The third-order valence-electron chi connectivity index (χ3n) is 5.80. The Morgan fingerprint density at radius 3 is 2.60 bits per heavy atom. The Morgan fingerprint density at radius 2 is 2.00 bits per heavy atom. The molecular weight excluding hydrogens is 418 g/mol. The largest absolute Gasteiger partial charge is 0.322 e. The molecule has 0 radical (unpaired) electrons. The van der Waals surface area contributed by atoms with Gasteiger partial charge in [-0.05, 0) is 49.5 Å². The average Bonchev–Trinajstić information content (AvgIpc) is 3.63. The Balaban J connectivity index is 1.51. The maximum Gasteiger partial charge on any atom is 0.269 e. The van der Waals surface area contributed by atoms with Crippen molar-refractivity contribution in [2.75, 3.05) is 5.32 Å². The van der Waals surface area contributed by atoms with Gasteiger partial charge in [0.1, 0.15) is 5.15 Å². The van der Waals surface area contributed by atoms with Crippen LogP contribution in [0.3, 0.4) is 0 Å². The van der Waals surface area contributed by atoms with Crippen molar-refractivity contribution in [3.8, 4) is 0 Å². The number of anilines is 1. The van der Waals surface area contributed by atoms with Gasteiger partial charge in [0.15, 0.2) is 0 Å². The molecule has 8 nitrogen and oxygen atoms in total. The smallest absolute Gasteiger partial charge is 0.269 e. The summed E-state index contributed by atoms with van der Waals surface area (Å²) >= 11 is 5.82.